The molecule has 16 heavy (non-hydrogen) atoms. The molecule has 1 aromatic rings. The summed E-state index contributed by atoms with van der Waals surface area (Å²) in [6, 6.07) is 1.85. The maximum absolute atomic E-state index is 4.33. The Balaban J connectivity index is 2.37. The van der Waals surface area contributed by atoms with E-state index in [9.17, 15) is 0 Å². The maximum atomic E-state index is 4.33. The Morgan fingerprint density at radius 2 is 2.25 bits per heavy atom. The van der Waals surface area contributed by atoms with Crippen LogP contribution in [0.2, 0.25) is 0 Å². The molecule has 0 aliphatic rings. The van der Waals surface area contributed by atoms with E-state index < -0.39 is 0 Å². The van der Waals surface area contributed by atoms with Crippen molar-refractivity contribution in [2.45, 2.75) is 26.2 Å². The van der Waals surface area contributed by atoms with Crippen molar-refractivity contribution in [3.63, 3.8) is 0 Å². The van der Waals surface area contributed by atoms with E-state index in [4.69, 9.17) is 0 Å². The van der Waals surface area contributed by atoms with E-state index in [1.165, 1.54) is 12.8 Å². The molecule has 0 bridgehead atoms. The van der Waals surface area contributed by atoms with Crippen molar-refractivity contribution >= 4 is 11.8 Å². The molecule has 0 aliphatic carbocycles. The zero-order chi connectivity index (χ0) is 11.6. The predicted molar refractivity (Wildman–Crippen MR) is 68.7 cm³/mol. The van der Waals surface area contributed by atoms with Crippen molar-refractivity contribution in [2.75, 3.05) is 23.7 Å². The molecule has 2 N–H and O–H groups in total. The monoisotopic (exact) mass is 220 g/mol. The molecule has 88 valence electrons. The fourth-order valence-electron chi connectivity index (χ4n) is 1.29. The number of hydrogen-bond acceptors (Lipinski definition) is 4. The largest absolute Gasteiger partial charge is 0.366 e. The quantitative estimate of drug-likeness (QED) is 0.522. The van der Waals surface area contributed by atoms with Crippen LogP contribution in [0.25, 0.3) is 0 Å². The Bertz CT molecular complexity index is 312. The number of nitrogens with one attached hydrogen (secondary N) is 2. The Morgan fingerprint density at radius 3 is 3.00 bits per heavy atom. The Morgan fingerprint density at radius 1 is 1.38 bits per heavy atom. The molecule has 0 unspecified atom stereocenters. The molecule has 0 saturated heterocycles. The molecule has 1 heterocycles. The Hall–Kier alpha value is -1.58. The summed E-state index contributed by atoms with van der Waals surface area (Å²) < 4.78 is 0. The number of nitrogens with zero attached hydrogens (tertiary/aromatic N) is 2. The van der Waals surface area contributed by atoms with Gasteiger partial charge in [0.15, 0.2) is 0 Å². The lowest BCUT2D eigenvalue weighted by Gasteiger charge is -2.06. The third-order valence-electron chi connectivity index (χ3n) is 2.15. The minimum absolute atomic E-state index is 0.685. The minimum Gasteiger partial charge on any atom is -0.366 e. The highest BCUT2D eigenvalue weighted by molar-refractivity contribution is 5.39. The lowest BCUT2D eigenvalue weighted by atomic mass is 10.2. The molecule has 0 aromatic carbocycles. The van der Waals surface area contributed by atoms with Crippen molar-refractivity contribution < 1.29 is 0 Å². The molecule has 0 radical (unpaired) electrons. The van der Waals surface area contributed by atoms with Crippen LogP contribution in [0.5, 0.6) is 0 Å². The fourth-order valence-corrected chi connectivity index (χ4v) is 1.29. The summed E-state index contributed by atoms with van der Waals surface area (Å²) in [7, 11) is 0. The zero-order valence-electron chi connectivity index (χ0n) is 9.87. The Labute approximate surface area is 97.2 Å². The van der Waals surface area contributed by atoms with Crippen molar-refractivity contribution in [3.05, 3.63) is 24.9 Å². The third kappa shape index (κ3) is 4.77. The van der Waals surface area contributed by atoms with Gasteiger partial charge in [-0.25, -0.2) is 4.98 Å². The van der Waals surface area contributed by atoms with Crippen LogP contribution >= 0.6 is 0 Å². The van der Waals surface area contributed by atoms with E-state index in [0.29, 0.717) is 12.5 Å². The average Bonchev–Trinajstić information content (AvgIpc) is 2.33. The summed E-state index contributed by atoms with van der Waals surface area (Å²) in [6.07, 6.45) is 7.17. The van der Waals surface area contributed by atoms with Gasteiger partial charge in [-0.3, -0.25) is 0 Å². The molecular formula is C12H20N4. The highest BCUT2D eigenvalue weighted by Gasteiger charge is 1.96. The summed E-state index contributed by atoms with van der Waals surface area (Å²) in [6.45, 7) is 7.48. The first-order chi connectivity index (χ1) is 7.86. The number of rotatable bonds is 8. The average molecular weight is 220 g/mol. The van der Waals surface area contributed by atoms with Crippen molar-refractivity contribution in [2.24, 2.45) is 0 Å². The molecule has 0 spiro atoms. The Kier molecular flexibility index (Phi) is 5.99. The van der Waals surface area contributed by atoms with Crippen LogP contribution < -0.4 is 10.6 Å². The fraction of sp³-hybridized carbons (Fsp3) is 0.500. The van der Waals surface area contributed by atoms with Gasteiger partial charge >= 0.3 is 0 Å². The first-order valence-electron chi connectivity index (χ1n) is 5.78. The summed E-state index contributed by atoms with van der Waals surface area (Å²) in [4.78, 5) is 8.48. The van der Waals surface area contributed by atoms with E-state index in [1.807, 2.05) is 6.07 Å². The molecule has 1 aromatic heterocycles. The van der Waals surface area contributed by atoms with E-state index >= 15 is 0 Å². The molecule has 0 aliphatic heterocycles. The zero-order valence-corrected chi connectivity index (χ0v) is 9.87. The minimum atomic E-state index is 0.685. The van der Waals surface area contributed by atoms with Gasteiger partial charge in [0.2, 0.25) is 5.95 Å². The molecule has 1 rings (SSSR count). The highest BCUT2D eigenvalue weighted by Crippen LogP contribution is 2.05. The summed E-state index contributed by atoms with van der Waals surface area (Å²) in [5.74, 6) is 1.51. The number of aromatic nitrogens is 2. The van der Waals surface area contributed by atoms with E-state index in [1.54, 1.807) is 12.3 Å². The van der Waals surface area contributed by atoms with E-state index in [-0.39, 0.29) is 0 Å². The molecule has 4 heteroatoms. The van der Waals surface area contributed by atoms with Crippen LogP contribution in [0.15, 0.2) is 24.9 Å². The van der Waals surface area contributed by atoms with Crippen molar-refractivity contribution in [1.82, 2.24) is 9.97 Å². The van der Waals surface area contributed by atoms with Gasteiger partial charge in [0.05, 0.1) is 0 Å². The lowest BCUT2D eigenvalue weighted by Crippen LogP contribution is -2.07. The van der Waals surface area contributed by atoms with Gasteiger partial charge in [-0.05, 0) is 12.5 Å². The normalized spacial score (nSPS) is 9.81. The molecular weight excluding hydrogens is 200 g/mol. The first kappa shape index (κ1) is 12.5. The van der Waals surface area contributed by atoms with E-state index in [0.717, 1.165) is 18.8 Å². The second kappa shape index (κ2) is 7.68. The summed E-state index contributed by atoms with van der Waals surface area (Å²) >= 11 is 0. The maximum Gasteiger partial charge on any atom is 0.224 e. The van der Waals surface area contributed by atoms with Crippen LogP contribution in [0.1, 0.15) is 26.2 Å². The van der Waals surface area contributed by atoms with Crippen molar-refractivity contribution in [3.8, 4) is 0 Å². The van der Waals surface area contributed by atoms with Crippen LogP contribution in [0, 0.1) is 0 Å². The summed E-state index contributed by atoms with van der Waals surface area (Å²) in [5.41, 5.74) is 0. The second-order valence-corrected chi connectivity index (χ2v) is 3.57. The third-order valence-corrected chi connectivity index (χ3v) is 2.15. The molecule has 0 atom stereocenters. The molecule has 4 nitrogen and oxygen atoms in total. The first-order valence-corrected chi connectivity index (χ1v) is 5.78. The van der Waals surface area contributed by atoms with Crippen LogP contribution in [0.4, 0.5) is 11.8 Å². The SMILES string of the molecule is C=CCNc1ccnc(NCCCCC)n1. The molecule has 0 amide bonds. The molecule has 0 fully saturated rings. The van der Waals surface area contributed by atoms with Gasteiger partial charge in [0.1, 0.15) is 5.82 Å². The number of unbranched alkanes of at least 4 members (excludes halogenated alkanes) is 2. The second-order valence-electron chi connectivity index (χ2n) is 3.57. The van der Waals surface area contributed by atoms with Gasteiger partial charge < -0.3 is 10.6 Å². The van der Waals surface area contributed by atoms with Gasteiger partial charge in [-0.2, -0.15) is 4.98 Å². The van der Waals surface area contributed by atoms with E-state index in [2.05, 4.69) is 34.1 Å². The summed E-state index contributed by atoms with van der Waals surface area (Å²) in [5, 5.41) is 6.34. The van der Waals surface area contributed by atoms with Crippen LogP contribution in [-0.4, -0.2) is 23.1 Å². The smallest absolute Gasteiger partial charge is 0.224 e. The topological polar surface area (TPSA) is 49.8 Å². The lowest BCUT2D eigenvalue weighted by molar-refractivity contribution is 0.740. The highest BCUT2D eigenvalue weighted by atomic mass is 15.1. The van der Waals surface area contributed by atoms with Gasteiger partial charge in [-0.1, -0.05) is 25.8 Å². The van der Waals surface area contributed by atoms with Gasteiger partial charge in [0, 0.05) is 19.3 Å². The predicted octanol–water partition coefficient (Wildman–Crippen LogP) is 2.68. The van der Waals surface area contributed by atoms with Gasteiger partial charge in [0.25, 0.3) is 0 Å². The van der Waals surface area contributed by atoms with Crippen molar-refractivity contribution in [1.29, 1.82) is 0 Å². The number of anilines is 2. The van der Waals surface area contributed by atoms with Crippen LogP contribution in [-0.2, 0) is 0 Å². The van der Waals surface area contributed by atoms with Crippen LogP contribution in [0.3, 0.4) is 0 Å². The molecule has 0 saturated carbocycles. The van der Waals surface area contributed by atoms with Gasteiger partial charge in [-0.15, -0.1) is 6.58 Å². The standard InChI is InChI=1S/C12H20N4/c1-3-5-6-9-14-12-15-10-7-11(16-12)13-8-4-2/h4,7,10H,2-3,5-6,8-9H2,1H3,(H2,13,14,15,16). The number of hydrogen-bond donors (Lipinski definition) is 2.